The molecule has 7 heterocycles. The van der Waals surface area contributed by atoms with E-state index in [4.69, 9.17) is 4.74 Å². The summed E-state index contributed by atoms with van der Waals surface area (Å²) in [6, 6.07) is 7.73. The minimum absolute atomic E-state index is 0.0618. The maximum absolute atomic E-state index is 14.5. The minimum atomic E-state index is -0.999. The van der Waals surface area contributed by atoms with Gasteiger partial charge >= 0.3 is 0 Å². The van der Waals surface area contributed by atoms with Gasteiger partial charge in [-0.3, -0.25) is 4.79 Å². The van der Waals surface area contributed by atoms with E-state index in [2.05, 4.69) is 45.7 Å². The predicted molar refractivity (Wildman–Crippen MR) is 137 cm³/mol. The van der Waals surface area contributed by atoms with Crippen LogP contribution in [0.5, 0.6) is 5.75 Å². The summed E-state index contributed by atoms with van der Waals surface area (Å²) in [5.41, 5.74) is -0.306. The standard InChI is InChI=1S/C25H28FN9O2/c1-25(2)23(36)32-22-18(37-25)4-5-19(31-22)30-21-17(26)14-28-24(33-21)29-15-3-6-20(27-13-15)35-12-11-34-9-7-16(35)8-10-34/h3-6,13-14,16H,7-12H2,1-2H3,(H3,28,29,30,31,32,33,36). The molecule has 0 unspecified atom stereocenters. The number of hydrogen-bond acceptors (Lipinski definition) is 10. The van der Waals surface area contributed by atoms with Gasteiger partial charge in [0.05, 0.1) is 18.1 Å². The fourth-order valence-corrected chi connectivity index (χ4v) is 4.85. The zero-order chi connectivity index (χ0) is 25.6. The first-order valence-electron chi connectivity index (χ1n) is 12.4. The number of halogens is 1. The van der Waals surface area contributed by atoms with Gasteiger partial charge in [-0.05, 0) is 51.0 Å². The quantitative estimate of drug-likeness (QED) is 0.476. The Morgan fingerprint density at radius 3 is 2.65 bits per heavy atom. The summed E-state index contributed by atoms with van der Waals surface area (Å²) >= 11 is 0. The first-order valence-corrected chi connectivity index (χ1v) is 12.4. The van der Waals surface area contributed by atoms with Crippen LogP contribution in [0.3, 0.4) is 0 Å². The van der Waals surface area contributed by atoms with E-state index >= 15 is 0 Å². The van der Waals surface area contributed by atoms with Crippen LogP contribution >= 0.6 is 0 Å². The van der Waals surface area contributed by atoms with Crippen LogP contribution in [0.4, 0.5) is 39.3 Å². The summed E-state index contributed by atoms with van der Waals surface area (Å²) in [6.07, 6.45) is 5.14. The molecule has 0 aliphatic carbocycles. The molecule has 3 fully saturated rings. The molecule has 0 saturated carbocycles. The van der Waals surface area contributed by atoms with Gasteiger partial charge in [-0.25, -0.2) is 19.3 Å². The predicted octanol–water partition coefficient (Wildman–Crippen LogP) is 3.29. The van der Waals surface area contributed by atoms with E-state index in [9.17, 15) is 9.18 Å². The lowest BCUT2D eigenvalue weighted by molar-refractivity contribution is -0.129. The molecule has 3 aromatic rings. The lowest BCUT2D eigenvalue weighted by Gasteiger charge is -2.32. The third-order valence-electron chi connectivity index (χ3n) is 6.95. The van der Waals surface area contributed by atoms with Gasteiger partial charge in [-0.15, -0.1) is 0 Å². The van der Waals surface area contributed by atoms with Crippen LogP contribution in [-0.4, -0.2) is 68.6 Å². The number of fused-ring (bicyclic) bond motifs is 5. The van der Waals surface area contributed by atoms with Crippen LogP contribution in [-0.2, 0) is 4.79 Å². The van der Waals surface area contributed by atoms with Crippen LogP contribution in [0.1, 0.15) is 26.7 Å². The summed E-state index contributed by atoms with van der Waals surface area (Å²) < 4.78 is 20.2. The fraction of sp³-hybridized carbons (Fsp3) is 0.400. The van der Waals surface area contributed by atoms with E-state index in [0.717, 1.165) is 51.0 Å². The van der Waals surface area contributed by atoms with E-state index < -0.39 is 11.4 Å². The average molecular weight is 506 g/mol. The summed E-state index contributed by atoms with van der Waals surface area (Å²) in [7, 11) is 0. The van der Waals surface area contributed by atoms with Crippen molar-refractivity contribution in [1.82, 2.24) is 24.8 Å². The number of amides is 1. The van der Waals surface area contributed by atoms with Gasteiger partial charge in [-0.1, -0.05) is 0 Å². The second-order valence-corrected chi connectivity index (χ2v) is 9.92. The number of ether oxygens (including phenoxy) is 1. The third-order valence-corrected chi connectivity index (χ3v) is 6.95. The van der Waals surface area contributed by atoms with E-state index in [-0.39, 0.29) is 23.5 Å². The molecular formula is C25H28FN9O2. The van der Waals surface area contributed by atoms with Gasteiger partial charge in [0.25, 0.3) is 5.91 Å². The van der Waals surface area contributed by atoms with Crippen LogP contribution < -0.4 is 25.6 Å². The summed E-state index contributed by atoms with van der Waals surface area (Å²) in [5, 5.41) is 8.64. The smallest absolute Gasteiger partial charge is 0.269 e. The van der Waals surface area contributed by atoms with Crippen molar-refractivity contribution in [2.75, 3.05) is 47.0 Å². The van der Waals surface area contributed by atoms with Crippen molar-refractivity contribution in [3.63, 3.8) is 0 Å². The molecule has 3 saturated heterocycles. The number of piperidine rings is 1. The van der Waals surface area contributed by atoms with Crippen molar-refractivity contribution in [3.05, 3.63) is 42.5 Å². The Hall–Kier alpha value is -4.06. The Kier molecular flexibility index (Phi) is 5.75. The molecule has 1 amide bonds. The molecule has 192 valence electrons. The molecular weight excluding hydrogens is 477 g/mol. The first kappa shape index (κ1) is 23.3. The Balaban J connectivity index is 1.16. The van der Waals surface area contributed by atoms with Gasteiger partial charge in [0.2, 0.25) is 5.95 Å². The number of rotatable bonds is 5. The van der Waals surface area contributed by atoms with Crippen molar-refractivity contribution >= 4 is 40.8 Å². The Labute approximate surface area is 213 Å². The molecule has 7 rings (SSSR count). The highest BCUT2D eigenvalue weighted by Crippen LogP contribution is 2.34. The maximum Gasteiger partial charge on any atom is 0.269 e. The molecule has 11 nitrogen and oxygen atoms in total. The first-order chi connectivity index (χ1) is 17.8. The van der Waals surface area contributed by atoms with Crippen molar-refractivity contribution < 1.29 is 13.9 Å². The number of anilines is 6. The minimum Gasteiger partial charge on any atom is -0.474 e. The normalized spacial score (nSPS) is 21.9. The van der Waals surface area contributed by atoms with Gasteiger partial charge < -0.3 is 30.5 Å². The van der Waals surface area contributed by atoms with Gasteiger partial charge in [-0.2, -0.15) is 4.98 Å². The van der Waals surface area contributed by atoms with Crippen LogP contribution in [0.2, 0.25) is 0 Å². The third kappa shape index (κ3) is 4.71. The number of nitrogens with zero attached hydrogens (tertiary/aromatic N) is 6. The van der Waals surface area contributed by atoms with Crippen LogP contribution in [0, 0.1) is 5.82 Å². The summed E-state index contributed by atoms with van der Waals surface area (Å²) in [4.78, 5) is 34.4. The van der Waals surface area contributed by atoms with E-state index in [1.54, 1.807) is 32.2 Å². The highest BCUT2D eigenvalue weighted by atomic mass is 19.1. The number of carbonyl (C=O) groups excluding carboxylic acids is 1. The fourth-order valence-electron chi connectivity index (χ4n) is 4.85. The molecule has 4 aliphatic rings. The summed E-state index contributed by atoms with van der Waals surface area (Å²) in [5.74, 6) is 1.12. The van der Waals surface area contributed by atoms with E-state index in [1.165, 1.54) is 0 Å². The zero-order valence-corrected chi connectivity index (χ0v) is 20.7. The number of nitrogens with one attached hydrogen (secondary N) is 3. The van der Waals surface area contributed by atoms with Crippen LogP contribution in [0.25, 0.3) is 0 Å². The SMILES string of the molecule is CC1(C)Oc2ccc(Nc3nc(Nc4ccc(N5CCN6CCC5CC6)nc4)ncc3F)nc2NC1=O. The van der Waals surface area contributed by atoms with Crippen molar-refractivity contribution in [1.29, 1.82) is 0 Å². The van der Waals surface area contributed by atoms with Gasteiger partial charge in [0.1, 0.15) is 11.6 Å². The molecule has 0 spiro atoms. The van der Waals surface area contributed by atoms with Crippen molar-refractivity contribution in [2.45, 2.75) is 38.3 Å². The number of aromatic nitrogens is 4. The van der Waals surface area contributed by atoms with Gasteiger partial charge in [0, 0.05) is 32.2 Å². The second kappa shape index (κ2) is 9.11. The molecule has 3 N–H and O–H groups in total. The number of hydrogen-bond donors (Lipinski definition) is 3. The molecule has 3 aromatic heterocycles. The number of carbonyl (C=O) groups is 1. The second-order valence-electron chi connectivity index (χ2n) is 9.92. The van der Waals surface area contributed by atoms with E-state index in [1.807, 2.05) is 12.1 Å². The lowest BCUT2D eigenvalue weighted by atomic mass is 10.1. The Morgan fingerprint density at radius 2 is 1.86 bits per heavy atom. The zero-order valence-electron chi connectivity index (χ0n) is 20.7. The molecule has 12 heteroatoms. The Bertz CT molecular complexity index is 1330. The number of pyridine rings is 2. The molecule has 4 aliphatic heterocycles. The molecule has 0 radical (unpaired) electrons. The molecule has 0 atom stereocenters. The van der Waals surface area contributed by atoms with Crippen molar-refractivity contribution in [2.24, 2.45) is 0 Å². The molecule has 0 aromatic carbocycles. The monoisotopic (exact) mass is 505 g/mol. The maximum atomic E-state index is 14.5. The van der Waals surface area contributed by atoms with Gasteiger partial charge in [0.15, 0.2) is 28.8 Å². The van der Waals surface area contributed by atoms with E-state index in [0.29, 0.717) is 23.3 Å². The van der Waals surface area contributed by atoms with Crippen LogP contribution in [0.15, 0.2) is 36.7 Å². The average Bonchev–Trinajstić information content (AvgIpc) is 3.21. The largest absolute Gasteiger partial charge is 0.474 e. The highest BCUT2D eigenvalue weighted by molar-refractivity contribution is 5.99. The topological polar surface area (TPSA) is 120 Å². The molecule has 37 heavy (non-hydrogen) atoms. The summed E-state index contributed by atoms with van der Waals surface area (Å²) in [6.45, 7) is 7.68. The van der Waals surface area contributed by atoms with Crippen molar-refractivity contribution in [3.8, 4) is 5.75 Å². The highest BCUT2D eigenvalue weighted by Gasteiger charge is 2.36. The molecule has 2 bridgehead atoms. The lowest BCUT2D eigenvalue weighted by Crippen LogP contribution is -2.46. The Morgan fingerprint density at radius 1 is 1.03 bits per heavy atom.